The van der Waals surface area contributed by atoms with Crippen molar-refractivity contribution in [3.8, 4) is 11.3 Å². The van der Waals surface area contributed by atoms with E-state index in [0.717, 1.165) is 27.6 Å². The summed E-state index contributed by atoms with van der Waals surface area (Å²) in [7, 11) is 0. The lowest BCUT2D eigenvalue weighted by Crippen LogP contribution is -2.13. The molecule has 3 rings (SSSR count). The minimum Gasteiger partial charge on any atom is -0.305 e. The van der Waals surface area contributed by atoms with E-state index in [-0.39, 0.29) is 5.91 Å². The van der Waals surface area contributed by atoms with Crippen LogP contribution < -0.4 is 5.32 Å². The van der Waals surface area contributed by atoms with Crippen molar-refractivity contribution in [2.45, 2.75) is 18.9 Å². The molecule has 2 N–H and O–H groups in total. The molecule has 0 aliphatic carbocycles. The van der Waals surface area contributed by atoms with Crippen molar-refractivity contribution >= 4 is 23.5 Å². The Balaban J connectivity index is 1.80. The van der Waals surface area contributed by atoms with Crippen molar-refractivity contribution in [2.75, 3.05) is 11.1 Å². The number of amides is 1. The highest BCUT2D eigenvalue weighted by molar-refractivity contribution is 7.99. The summed E-state index contributed by atoms with van der Waals surface area (Å²) in [4.78, 5) is 20.7. The van der Waals surface area contributed by atoms with E-state index in [1.807, 2.05) is 26.0 Å². The van der Waals surface area contributed by atoms with Crippen LogP contribution in [0.5, 0.6) is 0 Å². The summed E-state index contributed by atoms with van der Waals surface area (Å²) in [6.07, 6.45) is 5.09. The molecule has 122 valence electrons. The fourth-order valence-electron chi connectivity index (χ4n) is 2.28. The number of pyridine rings is 2. The zero-order valence-electron chi connectivity index (χ0n) is 13.4. The number of aromatic amines is 1. The first-order chi connectivity index (χ1) is 11.7. The predicted octanol–water partition coefficient (Wildman–Crippen LogP) is 3.54. The Morgan fingerprint density at radius 1 is 1.25 bits per heavy atom. The third kappa shape index (κ3) is 3.46. The van der Waals surface area contributed by atoms with Gasteiger partial charge < -0.3 is 5.32 Å². The number of nitrogens with one attached hydrogen (secondary N) is 2. The van der Waals surface area contributed by atoms with Crippen molar-refractivity contribution in [3.63, 3.8) is 0 Å². The summed E-state index contributed by atoms with van der Waals surface area (Å²) in [5, 5.41) is 10.9. The first kappa shape index (κ1) is 16.2. The van der Waals surface area contributed by atoms with Gasteiger partial charge in [-0.15, -0.1) is 11.8 Å². The van der Waals surface area contributed by atoms with Crippen LogP contribution in [0.2, 0.25) is 0 Å². The maximum absolute atomic E-state index is 12.5. The molecule has 0 fully saturated rings. The Morgan fingerprint density at radius 3 is 2.79 bits per heavy atom. The van der Waals surface area contributed by atoms with Gasteiger partial charge in [0.05, 0.1) is 10.7 Å². The van der Waals surface area contributed by atoms with Crippen molar-refractivity contribution < 1.29 is 4.79 Å². The molecule has 0 saturated carbocycles. The van der Waals surface area contributed by atoms with E-state index in [2.05, 4.69) is 25.5 Å². The minimum absolute atomic E-state index is 0.203. The van der Waals surface area contributed by atoms with Crippen molar-refractivity contribution in [3.05, 3.63) is 54.0 Å². The Kier molecular flexibility index (Phi) is 4.90. The van der Waals surface area contributed by atoms with E-state index in [9.17, 15) is 4.79 Å². The Bertz CT molecular complexity index is 847. The molecule has 7 heteroatoms. The third-order valence-corrected chi connectivity index (χ3v) is 4.31. The van der Waals surface area contributed by atoms with E-state index in [1.165, 1.54) is 0 Å². The van der Waals surface area contributed by atoms with Crippen LogP contribution in [0.1, 0.15) is 22.8 Å². The summed E-state index contributed by atoms with van der Waals surface area (Å²) in [5.41, 5.74) is 3.28. The highest BCUT2D eigenvalue weighted by atomic mass is 32.2. The van der Waals surface area contributed by atoms with Gasteiger partial charge in [0, 0.05) is 35.3 Å². The standard InChI is InChI=1S/C17H17N5OS/c1-3-24-14-10-13(6-9-19-14)17(23)20-16-11(2)15(21-22-16)12-4-7-18-8-5-12/h4-10H,3H2,1-2H3,(H2,20,21,22,23). The number of carbonyl (C=O) groups excluding carboxylic acids is 1. The Hall–Kier alpha value is -2.67. The smallest absolute Gasteiger partial charge is 0.257 e. The fraction of sp³-hybridized carbons (Fsp3) is 0.176. The van der Waals surface area contributed by atoms with Gasteiger partial charge in [-0.25, -0.2) is 4.98 Å². The summed E-state index contributed by atoms with van der Waals surface area (Å²) in [6, 6.07) is 7.27. The first-order valence-electron chi connectivity index (χ1n) is 7.54. The summed E-state index contributed by atoms with van der Waals surface area (Å²) in [5.74, 6) is 1.23. The Morgan fingerprint density at radius 2 is 2.04 bits per heavy atom. The van der Waals surface area contributed by atoms with Crippen LogP contribution in [0.4, 0.5) is 5.82 Å². The van der Waals surface area contributed by atoms with Gasteiger partial charge in [-0.05, 0) is 36.9 Å². The van der Waals surface area contributed by atoms with Gasteiger partial charge in [0.15, 0.2) is 5.82 Å². The van der Waals surface area contributed by atoms with Crippen molar-refractivity contribution in [1.29, 1.82) is 0 Å². The predicted molar refractivity (Wildman–Crippen MR) is 95.1 cm³/mol. The molecule has 0 radical (unpaired) electrons. The molecule has 0 bridgehead atoms. The number of hydrogen-bond acceptors (Lipinski definition) is 5. The second-order valence-electron chi connectivity index (χ2n) is 5.08. The summed E-state index contributed by atoms with van der Waals surface area (Å²) < 4.78 is 0. The van der Waals surface area contributed by atoms with Gasteiger partial charge in [0.1, 0.15) is 0 Å². The molecule has 3 heterocycles. The molecule has 0 aliphatic heterocycles. The van der Waals surface area contributed by atoms with E-state index < -0.39 is 0 Å². The average Bonchev–Trinajstić information content (AvgIpc) is 2.97. The number of rotatable bonds is 5. The van der Waals surface area contributed by atoms with Gasteiger partial charge in [0.25, 0.3) is 5.91 Å². The van der Waals surface area contributed by atoms with E-state index in [0.29, 0.717) is 11.4 Å². The number of carbonyl (C=O) groups is 1. The van der Waals surface area contributed by atoms with Crippen LogP contribution in [-0.2, 0) is 0 Å². The zero-order valence-corrected chi connectivity index (χ0v) is 14.2. The SMILES string of the molecule is CCSc1cc(C(=O)Nc2n[nH]c(-c3ccncc3)c2C)ccn1. The van der Waals surface area contributed by atoms with Crippen LogP contribution in [0, 0.1) is 6.92 Å². The maximum atomic E-state index is 12.5. The molecule has 3 aromatic heterocycles. The zero-order chi connectivity index (χ0) is 16.9. The lowest BCUT2D eigenvalue weighted by Gasteiger charge is -2.05. The molecule has 0 unspecified atom stereocenters. The molecule has 0 atom stereocenters. The lowest BCUT2D eigenvalue weighted by atomic mass is 10.1. The van der Waals surface area contributed by atoms with Gasteiger partial charge in [0.2, 0.25) is 0 Å². The molecule has 0 spiro atoms. The second kappa shape index (κ2) is 7.27. The number of aromatic nitrogens is 4. The number of nitrogens with zero attached hydrogens (tertiary/aromatic N) is 3. The maximum Gasteiger partial charge on any atom is 0.257 e. The summed E-state index contributed by atoms with van der Waals surface area (Å²) >= 11 is 1.60. The molecule has 24 heavy (non-hydrogen) atoms. The second-order valence-corrected chi connectivity index (χ2v) is 6.36. The van der Waals surface area contributed by atoms with E-state index >= 15 is 0 Å². The van der Waals surface area contributed by atoms with Gasteiger partial charge >= 0.3 is 0 Å². The third-order valence-electron chi connectivity index (χ3n) is 3.50. The van der Waals surface area contributed by atoms with Crippen LogP contribution in [-0.4, -0.2) is 31.8 Å². The normalized spacial score (nSPS) is 10.6. The molecule has 1 amide bonds. The fourth-order valence-corrected chi connectivity index (χ4v) is 2.92. The molecular formula is C17H17N5OS. The number of anilines is 1. The van der Waals surface area contributed by atoms with Gasteiger partial charge in [-0.2, -0.15) is 5.10 Å². The minimum atomic E-state index is -0.203. The molecule has 0 aromatic carbocycles. The van der Waals surface area contributed by atoms with Crippen molar-refractivity contribution in [2.24, 2.45) is 0 Å². The topological polar surface area (TPSA) is 83.6 Å². The number of H-pyrrole nitrogens is 1. The lowest BCUT2D eigenvalue weighted by molar-refractivity contribution is 0.102. The van der Waals surface area contributed by atoms with E-state index in [4.69, 9.17) is 0 Å². The Labute approximate surface area is 144 Å². The van der Waals surface area contributed by atoms with Crippen LogP contribution in [0.15, 0.2) is 47.9 Å². The molecule has 3 aromatic rings. The van der Waals surface area contributed by atoms with Crippen molar-refractivity contribution in [1.82, 2.24) is 20.2 Å². The number of thioether (sulfide) groups is 1. The van der Waals surface area contributed by atoms with Crippen LogP contribution in [0.3, 0.4) is 0 Å². The highest BCUT2D eigenvalue weighted by Crippen LogP contribution is 2.25. The summed E-state index contributed by atoms with van der Waals surface area (Å²) in [6.45, 7) is 3.96. The molecular weight excluding hydrogens is 322 g/mol. The number of hydrogen-bond donors (Lipinski definition) is 2. The van der Waals surface area contributed by atoms with Crippen LogP contribution >= 0.6 is 11.8 Å². The largest absolute Gasteiger partial charge is 0.305 e. The average molecular weight is 339 g/mol. The molecule has 0 aliphatic rings. The highest BCUT2D eigenvalue weighted by Gasteiger charge is 2.14. The monoisotopic (exact) mass is 339 g/mol. The molecule has 6 nitrogen and oxygen atoms in total. The van der Waals surface area contributed by atoms with Gasteiger partial charge in [-0.1, -0.05) is 6.92 Å². The van der Waals surface area contributed by atoms with E-state index in [1.54, 1.807) is 42.5 Å². The van der Waals surface area contributed by atoms with Gasteiger partial charge in [-0.3, -0.25) is 14.9 Å². The first-order valence-corrected chi connectivity index (χ1v) is 8.53. The molecule has 0 saturated heterocycles. The quantitative estimate of drug-likeness (QED) is 0.695. The van der Waals surface area contributed by atoms with Crippen LogP contribution in [0.25, 0.3) is 11.3 Å².